The quantitative estimate of drug-likeness (QED) is 0.802. The molecule has 1 rings (SSSR count). The molecule has 0 amide bonds. The maximum absolute atomic E-state index is 12.9. The Hall–Kier alpha value is -0.890. The van der Waals surface area contributed by atoms with E-state index in [4.69, 9.17) is 0 Å². The highest BCUT2D eigenvalue weighted by Crippen LogP contribution is 2.10. The van der Waals surface area contributed by atoms with E-state index >= 15 is 0 Å². The van der Waals surface area contributed by atoms with E-state index in [-0.39, 0.29) is 5.82 Å². The Morgan fingerprint density at radius 3 is 2.47 bits per heavy atom. The van der Waals surface area contributed by atoms with E-state index in [0.717, 1.165) is 12.1 Å². The van der Waals surface area contributed by atoms with Crippen molar-refractivity contribution in [2.45, 2.75) is 40.3 Å². The van der Waals surface area contributed by atoms with Gasteiger partial charge in [0.05, 0.1) is 0 Å². The van der Waals surface area contributed by atoms with Gasteiger partial charge in [0.25, 0.3) is 0 Å². The molecule has 0 bridgehead atoms. The average Bonchev–Trinajstić information content (AvgIpc) is 2.15. The van der Waals surface area contributed by atoms with Gasteiger partial charge in [-0.2, -0.15) is 0 Å². The van der Waals surface area contributed by atoms with Gasteiger partial charge in [-0.3, -0.25) is 0 Å². The molecule has 0 aliphatic heterocycles. The van der Waals surface area contributed by atoms with Gasteiger partial charge < -0.3 is 5.32 Å². The number of hydrogen-bond acceptors (Lipinski definition) is 1. The van der Waals surface area contributed by atoms with Crippen LogP contribution in [0.15, 0.2) is 18.2 Å². The molecule has 84 valence electrons. The second-order valence-corrected chi connectivity index (χ2v) is 4.48. The van der Waals surface area contributed by atoms with Gasteiger partial charge in [0.15, 0.2) is 0 Å². The molecule has 1 aromatic rings. The largest absolute Gasteiger partial charge is 0.310 e. The number of halogens is 1. The molecule has 0 heterocycles. The maximum atomic E-state index is 12.9. The summed E-state index contributed by atoms with van der Waals surface area (Å²) in [7, 11) is 0. The SMILES string of the molecule is Cc1cc(F)ccc1CNC(C)C(C)C. The van der Waals surface area contributed by atoms with Crippen molar-refractivity contribution in [1.29, 1.82) is 0 Å². The summed E-state index contributed by atoms with van der Waals surface area (Å²) in [5, 5.41) is 3.44. The van der Waals surface area contributed by atoms with Crippen LogP contribution in [0.4, 0.5) is 4.39 Å². The Morgan fingerprint density at radius 2 is 1.93 bits per heavy atom. The van der Waals surface area contributed by atoms with Gasteiger partial charge in [-0.15, -0.1) is 0 Å². The fourth-order valence-corrected chi connectivity index (χ4v) is 1.36. The molecule has 0 aliphatic rings. The van der Waals surface area contributed by atoms with Gasteiger partial charge in [0.1, 0.15) is 5.82 Å². The third kappa shape index (κ3) is 3.63. The summed E-state index contributed by atoms with van der Waals surface area (Å²) >= 11 is 0. The van der Waals surface area contributed by atoms with Gasteiger partial charge in [-0.25, -0.2) is 4.39 Å². The first-order chi connectivity index (χ1) is 7.00. The van der Waals surface area contributed by atoms with Crippen LogP contribution in [0, 0.1) is 18.7 Å². The minimum atomic E-state index is -0.159. The molecule has 0 aromatic heterocycles. The maximum Gasteiger partial charge on any atom is 0.123 e. The van der Waals surface area contributed by atoms with Gasteiger partial charge in [-0.1, -0.05) is 19.9 Å². The van der Waals surface area contributed by atoms with Crippen LogP contribution in [0.1, 0.15) is 31.9 Å². The fraction of sp³-hybridized carbons (Fsp3) is 0.538. The molecule has 1 unspecified atom stereocenters. The van der Waals surface area contributed by atoms with E-state index in [0.29, 0.717) is 12.0 Å². The Labute approximate surface area is 91.7 Å². The average molecular weight is 209 g/mol. The summed E-state index contributed by atoms with van der Waals surface area (Å²) in [5.41, 5.74) is 2.18. The highest BCUT2D eigenvalue weighted by Gasteiger charge is 2.06. The minimum absolute atomic E-state index is 0.159. The van der Waals surface area contributed by atoms with Crippen molar-refractivity contribution in [3.05, 3.63) is 35.1 Å². The molecule has 0 saturated heterocycles. The minimum Gasteiger partial charge on any atom is -0.310 e. The van der Waals surface area contributed by atoms with Crippen molar-refractivity contribution in [1.82, 2.24) is 5.32 Å². The standard InChI is InChI=1S/C13H20FN/c1-9(2)11(4)15-8-12-5-6-13(14)7-10(12)3/h5-7,9,11,15H,8H2,1-4H3. The summed E-state index contributed by atoms with van der Waals surface area (Å²) in [6, 6.07) is 5.43. The molecule has 0 aliphatic carbocycles. The number of rotatable bonds is 4. The summed E-state index contributed by atoms with van der Waals surface area (Å²) in [4.78, 5) is 0. The van der Waals surface area contributed by atoms with Crippen molar-refractivity contribution < 1.29 is 4.39 Å². The van der Waals surface area contributed by atoms with E-state index in [1.807, 2.05) is 13.0 Å². The Morgan fingerprint density at radius 1 is 1.27 bits per heavy atom. The highest BCUT2D eigenvalue weighted by atomic mass is 19.1. The lowest BCUT2D eigenvalue weighted by molar-refractivity contribution is 0.425. The van der Waals surface area contributed by atoms with Crippen molar-refractivity contribution >= 4 is 0 Å². The number of aryl methyl sites for hydroxylation is 1. The lowest BCUT2D eigenvalue weighted by Gasteiger charge is -2.18. The molecule has 1 aromatic carbocycles. The number of nitrogens with one attached hydrogen (secondary N) is 1. The van der Waals surface area contributed by atoms with Crippen molar-refractivity contribution in [2.75, 3.05) is 0 Å². The third-order valence-electron chi connectivity index (χ3n) is 2.92. The van der Waals surface area contributed by atoms with Crippen molar-refractivity contribution in [3.8, 4) is 0 Å². The number of hydrogen-bond donors (Lipinski definition) is 1. The zero-order valence-corrected chi connectivity index (χ0v) is 9.97. The summed E-state index contributed by atoms with van der Waals surface area (Å²) in [6.07, 6.45) is 0. The van der Waals surface area contributed by atoms with Gasteiger partial charge >= 0.3 is 0 Å². The molecule has 15 heavy (non-hydrogen) atoms. The van der Waals surface area contributed by atoms with Gasteiger partial charge in [-0.05, 0) is 43.0 Å². The van der Waals surface area contributed by atoms with Crippen LogP contribution in [0.2, 0.25) is 0 Å². The molecule has 1 atom stereocenters. The molecular formula is C13H20FN. The second-order valence-electron chi connectivity index (χ2n) is 4.48. The molecule has 0 spiro atoms. The Kier molecular flexibility index (Phi) is 4.28. The summed E-state index contributed by atoms with van der Waals surface area (Å²) in [6.45, 7) is 9.31. The van der Waals surface area contributed by atoms with E-state index in [1.165, 1.54) is 11.6 Å². The van der Waals surface area contributed by atoms with Crippen LogP contribution in [0.5, 0.6) is 0 Å². The lowest BCUT2D eigenvalue weighted by atomic mass is 10.0. The van der Waals surface area contributed by atoms with Crippen molar-refractivity contribution in [2.24, 2.45) is 5.92 Å². The Bertz CT molecular complexity index is 320. The van der Waals surface area contributed by atoms with Crippen molar-refractivity contribution in [3.63, 3.8) is 0 Å². The first-order valence-corrected chi connectivity index (χ1v) is 5.49. The Balaban J connectivity index is 2.58. The van der Waals surface area contributed by atoms with Gasteiger partial charge in [0, 0.05) is 12.6 Å². The lowest BCUT2D eigenvalue weighted by Crippen LogP contribution is -2.30. The van der Waals surface area contributed by atoms with Crippen LogP contribution >= 0.6 is 0 Å². The molecule has 0 radical (unpaired) electrons. The number of benzene rings is 1. The van der Waals surface area contributed by atoms with E-state index in [2.05, 4.69) is 26.1 Å². The van der Waals surface area contributed by atoms with Crippen LogP contribution in [-0.2, 0) is 6.54 Å². The molecule has 1 nitrogen and oxygen atoms in total. The highest BCUT2D eigenvalue weighted by molar-refractivity contribution is 5.26. The second kappa shape index (κ2) is 5.26. The summed E-state index contributed by atoms with van der Waals surface area (Å²) < 4.78 is 12.9. The predicted octanol–water partition coefficient (Wildman–Crippen LogP) is 3.27. The normalized spacial score (nSPS) is 13.2. The predicted molar refractivity (Wildman–Crippen MR) is 62.3 cm³/mol. The van der Waals surface area contributed by atoms with Crippen LogP contribution in [0.25, 0.3) is 0 Å². The monoisotopic (exact) mass is 209 g/mol. The molecule has 2 heteroatoms. The molecule has 1 N–H and O–H groups in total. The van der Waals surface area contributed by atoms with Gasteiger partial charge in [0.2, 0.25) is 0 Å². The third-order valence-corrected chi connectivity index (χ3v) is 2.92. The van der Waals surface area contributed by atoms with E-state index < -0.39 is 0 Å². The summed E-state index contributed by atoms with van der Waals surface area (Å²) in [5.74, 6) is 0.457. The smallest absolute Gasteiger partial charge is 0.123 e. The first kappa shape index (κ1) is 12.2. The molecular weight excluding hydrogens is 189 g/mol. The topological polar surface area (TPSA) is 12.0 Å². The van der Waals surface area contributed by atoms with Crippen LogP contribution in [-0.4, -0.2) is 6.04 Å². The first-order valence-electron chi connectivity index (χ1n) is 5.49. The molecule has 0 fully saturated rings. The zero-order valence-electron chi connectivity index (χ0n) is 9.97. The van der Waals surface area contributed by atoms with Crippen LogP contribution in [0.3, 0.4) is 0 Å². The van der Waals surface area contributed by atoms with E-state index in [1.54, 1.807) is 6.07 Å². The molecule has 0 saturated carbocycles. The van der Waals surface area contributed by atoms with E-state index in [9.17, 15) is 4.39 Å². The zero-order chi connectivity index (χ0) is 11.4. The van der Waals surface area contributed by atoms with Crippen LogP contribution < -0.4 is 5.32 Å². The fourth-order valence-electron chi connectivity index (χ4n) is 1.36.